The van der Waals surface area contributed by atoms with Gasteiger partial charge in [0.25, 0.3) is 0 Å². The highest BCUT2D eigenvalue weighted by atomic mass is 32.1. The summed E-state index contributed by atoms with van der Waals surface area (Å²) >= 11 is 4.69. The lowest BCUT2D eigenvalue weighted by Gasteiger charge is -2.12. The van der Waals surface area contributed by atoms with E-state index >= 15 is 4.39 Å². The van der Waals surface area contributed by atoms with Crippen molar-refractivity contribution >= 4 is 69.8 Å². The Morgan fingerprint density at radius 2 is 1.03 bits per heavy atom. The zero-order chi connectivity index (χ0) is 24.4. The smallest absolute Gasteiger partial charge is 0.131 e. The molecule has 0 fully saturated rings. The Kier molecular flexibility index (Phi) is 5.17. The molecule has 1 aliphatic carbocycles. The number of benzene rings is 3. The Morgan fingerprint density at radius 1 is 0.556 bits per heavy atom. The number of hydrogen-bond donors (Lipinski definition) is 0. The number of halogens is 3. The van der Waals surface area contributed by atoms with Gasteiger partial charge in [-0.25, -0.2) is 13.2 Å². The van der Waals surface area contributed by atoms with Gasteiger partial charge >= 0.3 is 0 Å². The van der Waals surface area contributed by atoms with E-state index in [-0.39, 0.29) is 17.5 Å². The molecule has 7 rings (SSSR count). The molecule has 0 nitrogen and oxygen atoms in total. The van der Waals surface area contributed by atoms with Gasteiger partial charge in [-0.2, -0.15) is 0 Å². The van der Waals surface area contributed by atoms with Crippen molar-refractivity contribution in [3.8, 4) is 22.3 Å². The summed E-state index contributed by atoms with van der Waals surface area (Å²) in [6.07, 6.45) is 4.82. The van der Waals surface area contributed by atoms with E-state index in [9.17, 15) is 8.78 Å². The molecule has 0 N–H and O–H groups in total. The Balaban J connectivity index is 1.67. The van der Waals surface area contributed by atoms with Crippen molar-refractivity contribution in [1.82, 2.24) is 0 Å². The third-order valence-electron chi connectivity index (χ3n) is 6.82. The van der Waals surface area contributed by atoms with E-state index in [4.69, 9.17) is 0 Å². The standard InChI is InChI=1S/C30H17F3S3/c31-22-10-4-1-7-16(22)19-13-34-28-25(19)29-27(20(14-35-29)17-8-2-5-11-23(17)32)30-26(28)21(15-36-30)18-9-3-6-12-24(18)33/h1-2,4-8,10-15H,3,9H2. The van der Waals surface area contributed by atoms with Crippen LogP contribution >= 0.6 is 34.0 Å². The summed E-state index contributed by atoms with van der Waals surface area (Å²) in [4.78, 5) is 0. The van der Waals surface area contributed by atoms with E-state index in [1.807, 2.05) is 34.3 Å². The minimum absolute atomic E-state index is 0.209. The molecule has 3 heterocycles. The van der Waals surface area contributed by atoms with E-state index in [0.29, 0.717) is 23.1 Å². The van der Waals surface area contributed by atoms with Crippen LogP contribution in [0.4, 0.5) is 13.2 Å². The summed E-state index contributed by atoms with van der Waals surface area (Å²) in [7, 11) is 0. The first-order chi connectivity index (χ1) is 17.6. The van der Waals surface area contributed by atoms with Crippen LogP contribution in [0.15, 0.2) is 82.7 Å². The molecule has 0 spiro atoms. The van der Waals surface area contributed by atoms with Gasteiger partial charge in [-0.15, -0.1) is 34.0 Å². The van der Waals surface area contributed by atoms with E-state index < -0.39 is 0 Å². The first kappa shape index (κ1) is 22.0. The van der Waals surface area contributed by atoms with Crippen LogP contribution < -0.4 is 0 Å². The van der Waals surface area contributed by atoms with Gasteiger partial charge in [0.15, 0.2) is 0 Å². The Bertz CT molecular complexity index is 1800. The number of allylic oxidation sites excluding steroid dienone is 4. The normalized spacial score (nSPS) is 14.1. The molecule has 0 saturated carbocycles. The van der Waals surface area contributed by atoms with Gasteiger partial charge in [0.05, 0.1) is 0 Å². The van der Waals surface area contributed by atoms with Crippen LogP contribution in [0.1, 0.15) is 18.4 Å². The first-order valence-corrected chi connectivity index (χ1v) is 14.2. The zero-order valence-electron chi connectivity index (χ0n) is 18.8. The summed E-state index contributed by atoms with van der Waals surface area (Å²) in [6.45, 7) is 0. The van der Waals surface area contributed by atoms with E-state index in [1.165, 1.54) is 12.1 Å². The maximum absolute atomic E-state index is 15.0. The molecule has 0 aliphatic heterocycles. The van der Waals surface area contributed by atoms with Crippen molar-refractivity contribution in [1.29, 1.82) is 0 Å². The molecule has 36 heavy (non-hydrogen) atoms. The summed E-state index contributed by atoms with van der Waals surface area (Å²) in [6, 6.07) is 13.6. The number of rotatable bonds is 3. The van der Waals surface area contributed by atoms with Gasteiger partial charge in [-0.05, 0) is 52.8 Å². The lowest BCUT2D eigenvalue weighted by atomic mass is 9.93. The van der Waals surface area contributed by atoms with E-state index in [0.717, 1.165) is 53.4 Å². The molecule has 6 aromatic rings. The van der Waals surface area contributed by atoms with Gasteiger partial charge in [0.2, 0.25) is 0 Å². The van der Waals surface area contributed by atoms with Crippen LogP contribution in [0.5, 0.6) is 0 Å². The lowest BCUT2D eigenvalue weighted by molar-refractivity contribution is 0.631. The summed E-state index contributed by atoms with van der Waals surface area (Å²) in [5.41, 5.74) is 4.29. The predicted octanol–water partition coefficient (Wildman–Crippen LogP) is 11.0. The number of fused-ring (bicyclic) bond motifs is 6. The van der Waals surface area contributed by atoms with Crippen molar-refractivity contribution in [2.24, 2.45) is 0 Å². The molecule has 176 valence electrons. The van der Waals surface area contributed by atoms with Crippen LogP contribution in [0.3, 0.4) is 0 Å². The maximum Gasteiger partial charge on any atom is 0.131 e. The quantitative estimate of drug-likeness (QED) is 0.213. The predicted molar refractivity (Wildman–Crippen MR) is 150 cm³/mol. The van der Waals surface area contributed by atoms with Crippen molar-refractivity contribution in [2.45, 2.75) is 12.8 Å². The Labute approximate surface area is 217 Å². The molecule has 3 aromatic heterocycles. The molecule has 0 radical (unpaired) electrons. The fourth-order valence-electron chi connectivity index (χ4n) is 5.18. The van der Waals surface area contributed by atoms with Gasteiger partial charge < -0.3 is 0 Å². The second-order valence-corrected chi connectivity index (χ2v) is 11.4. The molecule has 0 amide bonds. The average molecular weight is 531 g/mol. The molecule has 3 aromatic carbocycles. The average Bonchev–Trinajstić information content (AvgIpc) is 3.61. The van der Waals surface area contributed by atoms with Gasteiger partial charge in [0, 0.05) is 58.1 Å². The van der Waals surface area contributed by atoms with Crippen LogP contribution in [-0.4, -0.2) is 0 Å². The Hall–Kier alpha value is -3.19. The third kappa shape index (κ3) is 3.18. The first-order valence-electron chi connectivity index (χ1n) is 11.5. The van der Waals surface area contributed by atoms with E-state index in [1.54, 1.807) is 64.4 Å². The highest BCUT2D eigenvalue weighted by molar-refractivity contribution is 7.26. The molecular weight excluding hydrogens is 514 g/mol. The van der Waals surface area contributed by atoms with Crippen molar-refractivity contribution < 1.29 is 13.2 Å². The second kappa shape index (κ2) is 8.44. The van der Waals surface area contributed by atoms with Crippen molar-refractivity contribution in [2.75, 3.05) is 0 Å². The summed E-state index contributed by atoms with van der Waals surface area (Å²) in [5.74, 6) is -0.777. The molecule has 0 saturated heterocycles. The molecule has 6 heteroatoms. The molecule has 0 bridgehead atoms. The van der Waals surface area contributed by atoms with Crippen LogP contribution in [0.25, 0.3) is 58.1 Å². The third-order valence-corrected chi connectivity index (χ3v) is 9.81. The zero-order valence-corrected chi connectivity index (χ0v) is 21.2. The minimum atomic E-state index is -0.284. The minimum Gasteiger partial charge on any atom is -0.207 e. The summed E-state index contributed by atoms with van der Waals surface area (Å²) in [5, 5.41) is 8.90. The Morgan fingerprint density at radius 3 is 1.53 bits per heavy atom. The van der Waals surface area contributed by atoms with Gasteiger partial charge in [0.1, 0.15) is 17.5 Å². The fourth-order valence-corrected chi connectivity index (χ4v) is 8.81. The van der Waals surface area contributed by atoms with Crippen LogP contribution in [0.2, 0.25) is 0 Å². The second-order valence-electron chi connectivity index (χ2n) is 8.79. The topological polar surface area (TPSA) is 0 Å². The number of hydrogen-bond acceptors (Lipinski definition) is 3. The number of thiophene rings is 3. The molecular formula is C30H17F3S3. The van der Waals surface area contributed by atoms with Gasteiger partial charge in [-0.1, -0.05) is 42.5 Å². The molecule has 1 aliphatic rings. The van der Waals surface area contributed by atoms with Crippen molar-refractivity contribution in [3.63, 3.8) is 0 Å². The van der Waals surface area contributed by atoms with Gasteiger partial charge in [-0.3, -0.25) is 0 Å². The van der Waals surface area contributed by atoms with Crippen molar-refractivity contribution in [3.05, 3.63) is 99.8 Å². The monoisotopic (exact) mass is 530 g/mol. The highest BCUT2D eigenvalue weighted by Crippen LogP contribution is 2.53. The van der Waals surface area contributed by atoms with Crippen LogP contribution in [-0.2, 0) is 0 Å². The largest absolute Gasteiger partial charge is 0.207 e. The van der Waals surface area contributed by atoms with Crippen LogP contribution in [0, 0.1) is 11.6 Å². The van der Waals surface area contributed by atoms with E-state index in [2.05, 4.69) is 0 Å². The maximum atomic E-state index is 15.0. The molecule has 0 atom stereocenters. The SMILES string of the molecule is FC1=C(c2csc3c2c2scc(-c4ccccc4F)c2c2scc(-c4ccccc4F)c32)CCC=C1. The summed E-state index contributed by atoms with van der Waals surface area (Å²) < 4.78 is 48.0. The highest BCUT2D eigenvalue weighted by Gasteiger charge is 2.25. The molecule has 0 unspecified atom stereocenters. The lowest BCUT2D eigenvalue weighted by Crippen LogP contribution is -1.91. The fraction of sp³-hybridized carbons (Fsp3) is 0.0667.